The van der Waals surface area contributed by atoms with Gasteiger partial charge in [-0.3, -0.25) is 0 Å². The molecule has 1 unspecified atom stereocenters. The van der Waals surface area contributed by atoms with Crippen LogP contribution in [0.15, 0.2) is 24.5 Å². The van der Waals surface area contributed by atoms with E-state index in [0.29, 0.717) is 11.0 Å². The molecule has 0 aliphatic carbocycles. The van der Waals surface area contributed by atoms with Crippen molar-refractivity contribution in [2.45, 2.75) is 13.0 Å². The minimum absolute atomic E-state index is 0.124. The second-order valence-electron chi connectivity index (χ2n) is 3.23. The summed E-state index contributed by atoms with van der Waals surface area (Å²) in [5, 5.41) is 3.69. The zero-order valence-corrected chi connectivity index (χ0v) is 10.8. The van der Waals surface area contributed by atoms with E-state index in [4.69, 9.17) is 23.2 Å². The van der Waals surface area contributed by atoms with Gasteiger partial charge in [0.2, 0.25) is 5.95 Å². The Morgan fingerprint density at radius 1 is 1.25 bits per heavy atom. The molecule has 0 amide bonds. The molecule has 2 heterocycles. The van der Waals surface area contributed by atoms with Crippen molar-refractivity contribution in [3.8, 4) is 0 Å². The topological polar surface area (TPSA) is 37.8 Å². The summed E-state index contributed by atoms with van der Waals surface area (Å²) in [6.45, 7) is 2.03. The van der Waals surface area contributed by atoms with Gasteiger partial charge in [0.1, 0.15) is 0 Å². The highest BCUT2D eigenvalue weighted by Gasteiger charge is 2.09. The molecule has 0 radical (unpaired) electrons. The molecule has 2 rings (SSSR count). The first-order chi connectivity index (χ1) is 7.65. The number of thiophene rings is 1. The maximum atomic E-state index is 5.87. The number of nitrogens with one attached hydrogen (secondary N) is 1. The summed E-state index contributed by atoms with van der Waals surface area (Å²) < 4.78 is 0.778. The van der Waals surface area contributed by atoms with Crippen LogP contribution in [0.3, 0.4) is 0 Å². The molecular weight excluding hydrogens is 265 g/mol. The van der Waals surface area contributed by atoms with Crippen LogP contribution in [0.4, 0.5) is 5.95 Å². The third-order valence-corrected chi connectivity index (χ3v) is 3.60. The van der Waals surface area contributed by atoms with Crippen LogP contribution in [0.2, 0.25) is 9.36 Å². The molecular formula is C10H9Cl2N3S. The van der Waals surface area contributed by atoms with Gasteiger partial charge in [0.25, 0.3) is 0 Å². The fraction of sp³-hybridized carbons (Fsp3) is 0.200. The highest BCUT2D eigenvalue weighted by atomic mass is 35.5. The Hall–Kier alpha value is -0.840. The highest BCUT2D eigenvalue weighted by Crippen LogP contribution is 2.28. The van der Waals surface area contributed by atoms with Crippen LogP contribution in [0.25, 0.3) is 0 Å². The van der Waals surface area contributed by atoms with Gasteiger partial charge in [0.05, 0.1) is 27.8 Å². The lowest BCUT2D eigenvalue weighted by Crippen LogP contribution is -2.07. The number of rotatable bonds is 3. The maximum Gasteiger partial charge on any atom is 0.223 e. The lowest BCUT2D eigenvalue weighted by molar-refractivity contribution is 0.880. The number of anilines is 1. The van der Waals surface area contributed by atoms with Crippen molar-refractivity contribution < 1.29 is 0 Å². The Morgan fingerprint density at radius 3 is 2.50 bits per heavy atom. The van der Waals surface area contributed by atoms with Gasteiger partial charge in [-0.2, -0.15) is 0 Å². The van der Waals surface area contributed by atoms with Gasteiger partial charge in [-0.15, -0.1) is 11.3 Å². The third-order valence-electron chi connectivity index (χ3n) is 1.99. The van der Waals surface area contributed by atoms with E-state index >= 15 is 0 Å². The fourth-order valence-corrected chi connectivity index (χ4v) is 2.37. The molecule has 0 aliphatic rings. The average Bonchev–Trinajstić information content (AvgIpc) is 2.68. The fourth-order valence-electron chi connectivity index (χ4n) is 1.21. The third kappa shape index (κ3) is 2.84. The molecule has 84 valence electrons. The molecule has 1 atom stereocenters. The molecule has 2 aromatic rings. The first kappa shape index (κ1) is 11.6. The van der Waals surface area contributed by atoms with Crippen molar-refractivity contribution in [3.63, 3.8) is 0 Å². The van der Waals surface area contributed by atoms with E-state index in [1.807, 2.05) is 19.1 Å². The number of halogens is 2. The smallest absolute Gasteiger partial charge is 0.223 e. The first-order valence-corrected chi connectivity index (χ1v) is 6.21. The molecule has 2 aromatic heterocycles. The summed E-state index contributed by atoms with van der Waals surface area (Å²) in [5.74, 6) is 0.557. The van der Waals surface area contributed by atoms with Gasteiger partial charge in [0.15, 0.2) is 0 Å². The molecule has 1 N–H and O–H groups in total. The normalized spacial score (nSPS) is 12.4. The lowest BCUT2D eigenvalue weighted by atomic mass is 10.3. The highest BCUT2D eigenvalue weighted by molar-refractivity contribution is 7.16. The zero-order chi connectivity index (χ0) is 11.5. The molecule has 0 saturated carbocycles. The summed E-state index contributed by atoms with van der Waals surface area (Å²) in [7, 11) is 0. The van der Waals surface area contributed by atoms with Crippen LogP contribution in [0, 0.1) is 0 Å². The zero-order valence-electron chi connectivity index (χ0n) is 8.45. The molecule has 0 saturated heterocycles. The molecule has 3 nitrogen and oxygen atoms in total. The second kappa shape index (κ2) is 4.99. The molecule has 6 heteroatoms. The Morgan fingerprint density at radius 2 is 1.94 bits per heavy atom. The molecule has 0 fully saturated rings. The van der Waals surface area contributed by atoms with E-state index in [0.717, 1.165) is 9.21 Å². The molecule has 0 bridgehead atoms. The molecule has 0 aromatic carbocycles. The predicted octanol–water partition coefficient (Wildman–Crippen LogP) is 4.02. The number of hydrogen-bond acceptors (Lipinski definition) is 4. The largest absolute Gasteiger partial charge is 0.347 e. The molecule has 0 aliphatic heterocycles. The Kier molecular flexibility index (Phi) is 3.63. The quantitative estimate of drug-likeness (QED) is 0.918. The minimum atomic E-state index is 0.124. The van der Waals surface area contributed by atoms with Gasteiger partial charge in [-0.05, 0) is 19.1 Å². The summed E-state index contributed by atoms with van der Waals surface area (Å²) in [6.07, 6.45) is 3.12. The average molecular weight is 274 g/mol. The number of aromatic nitrogens is 2. The van der Waals surface area contributed by atoms with Crippen molar-refractivity contribution in [2.24, 2.45) is 0 Å². The van der Waals surface area contributed by atoms with E-state index in [1.165, 1.54) is 11.3 Å². The van der Waals surface area contributed by atoms with Crippen LogP contribution >= 0.6 is 34.5 Å². The van der Waals surface area contributed by atoms with Crippen molar-refractivity contribution in [1.29, 1.82) is 0 Å². The maximum absolute atomic E-state index is 5.87. The summed E-state index contributed by atoms with van der Waals surface area (Å²) in [5.41, 5.74) is 0. The van der Waals surface area contributed by atoms with Gasteiger partial charge in [0, 0.05) is 4.88 Å². The van der Waals surface area contributed by atoms with Crippen LogP contribution in [-0.2, 0) is 0 Å². The van der Waals surface area contributed by atoms with Crippen LogP contribution in [-0.4, -0.2) is 9.97 Å². The molecule has 0 spiro atoms. The van der Waals surface area contributed by atoms with E-state index in [1.54, 1.807) is 12.4 Å². The number of hydrogen-bond donors (Lipinski definition) is 1. The van der Waals surface area contributed by atoms with Crippen LogP contribution in [0.1, 0.15) is 17.8 Å². The van der Waals surface area contributed by atoms with Crippen LogP contribution < -0.4 is 5.32 Å². The van der Waals surface area contributed by atoms with Gasteiger partial charge >= 0.3 is 0 Å². The monoisotopic (exact) mass is 273 g/mol. The summed E-state index contributed by atoms with van der Waals surface area (Å²) in [4.78, 5) is 9.28. The molecule has 16 heavy (non-hydrogen) atoms. The van der Waals surface area contributed by atoms with E-state index in [2.05, 4.69) is 15.3 Å². The predicted molar refractivity (Wildman–Crippen MR) is 68.4 cm³/mol. The van der Waals surface area contributed by atoms with Crippen molar-refractivity contribution in [3.05, 3.63) is 38.8 Å². The summed E-state index contributed by atoms with van der Waals surface area (Å²) in [6, 6.07) is 3.99. The van der Waals surface area contributed by atoms with Crippen molar-refractivity contribution in [1.82, 2.24) is 9.97 Å². The van der Waals surface area contributed by atoms with Crippen LogP contribution in [0.5, 0.6) is 0 Å². The van der Waals surface area contributed by atoms with E-state index in [-0.39, 0.29) is 6.04 Å². The lowest BCUT2D eigenvalue weighted by Gasteiger charge is -2.11. The second-order valence-corrected chi connectivity index (χ2v) is 5.42. The SMILES string of the molecule is CC(Nc1ncc(Cl)cn1)c1ccc(Cl)s1. The number of nitrogens with zero attached hydrogens (tertiary/aromatic N) is 2. The van der Waals surface area contributed by atoms with E-state index in [9.17, 15) is 0 Å². The van der Waals surface area contributed by atoms with Crippen molar-refractivity contribution in [2.75, 3.05) is 5.32 Å². The van der Waals surface area contributed by atoms with Crippen molar-refractivity contribution >= 4 is 40.5 Å². The summed E-state index contributed by atoms with van der Waals surface area (Å²) >= 11 is 13.1. The Labute approximate surface area is 107 Å². The standard InChI is InChI=1S/C10H9Cl2N3S/c1-6(8-2-3-9(12)16-8)15-10-13-4-7(11)5-14-10/h2-6H,1H3,(H,13,14,15). The Balaban J connectivity index is 2.07. The van der Waals surface area contributed by atoms with Gasteiger partial charge in [-0.1, -0.05) is 23.2 Å². The van der Waals surface area contributed by atoms with Gasteiger partial charge < -0.3 is 5.32 Å². The van der Waals surface area contributed by atoms with E-state index < -0.39 is 0 Å². The first-order valence-electron chi connectivity index (χ1n) is 4.64. The Bertz CT molecular complexity index is 469. The van der Waals surface area contributed by atoms with Gasteiger partial charge in [-0.25, -0.2) is 9.97 Å². The minimum Gasteiger partial charge on any atom is -0.347 e.